The van der Waals surface area contributed by atoms with Crippen LogP contribution in [0, 0.1) is 5.92 Å². The van der Waals surface area contributed by atoms with Gasteiger partial charge in [-0.15, -0.1) is 0 Å². The molecule has 0 amide bonds. The molecule has 1 heterocycles. The van der Waals surface area contributed by atoms with E-state index in [4.69, 9.17) is 4.74 Å². The molecule has 1 saturated heterocycles. The van der Waals surface area contributed by atoms with Gasteiger partial charge in [-0.1, -0.05) is 6.07 Å². The third kappa shape index (κ3) is 4.54. The molecule has 1 aliphatic rings. The van der Waals surface area contributed by atoms with Gasteiger partial charge in [0.1, 0.15) is 0 Å². The van der Waals surface area contributed by atoms with Gasteiger partial charge in [0.25, 0.3) is 0 Å². The molecule has 1 aliphatic heterocycles. The van der Waals surface area contributed by atoms with Crippen molar-refractivity contribution in [3.05, 3.63) is 23.8 Å². The van der Waals surface area contributed by atoms with Crippen molar-refractivity contribution < 1.29 is 23.4 Å². The zero-order chi connectivity index (χ0) is 15.2. The molecule has 1 unspecified atom stereocenters. The average Bonchev–Trinajstić information content (AvgIpc) is 2.47. The van der Waals surface area contributed by atoms with Crippen molar-refractivity contribution in [3.63, 3.8) is 0 Å². The number of likely N-dealkylation sites (tertiary alicyclic amines) is 1. The number of aliphatic hydroxyl groups excluding tert-OH is 1. The first-order valence-electron chi connectivity index (χ1n) is 7.07. The molecular formula is C15H21F2NO3. The molecule has 0 saturated carbocycles. The number of benzene rings is 1. The summed E-state index contributed by atoms with van der Waals surface area (Å²) < 4.78 is 34.3. The predicted molar refractivity (Wildman–Crippen MR) is 74.7 cm³/mol. The van der Waals surface area contributed by atoms with Gasteiger partial charge in [-0.25, -0.2) is 0 Å². The van der Waals surface area contributed by atoms with Crippen LogP contribution in [0.5, 0.6) is 11.5 Å². The zero-order valence-electron chi connectivity index (χ0n) is 12.1. The van der Waals surface area contributed by atoms with Gasteiger partial charge in [-0.2, -0.15) is 8.78 Å². The van der Waals surface area contributed by atoms with Gasteiger partial charge in [-0.05, 0) is 43.0 Å². The topological polar surface area (TPSA) is 41.9 Å². The molecule has 0 aromatic heterocycles. The highest BCUT2D eigenvalue weighted by molar-refractivity contribution is 5.43. The summed E-state index contributed by atoms with van der Waals surface area (Å²) >= 11 is 0. The fourth-order valence-electron chi connectivity index (χ4n) is 2.71. The lowest BCUT2D eigenvalue weighted by atomic mass is 9.98. The van der Waals surface area contributed by atoms with Crippen LogP contribution in [0.3, 0.4) is 0 Å². The number of nitrogens with zero attached hydrogens (tertiary/aromatic N) is 1. The van der Waals surface area contributed by atoms with Crippen LogP contribution in [0.2, 0.25) is 0 Å². The quantitative estimate of drug-likeness (QED) is 0.876. The van der Waals surface area contributed by atoms with Crippen molar-refractivity contribution in [1.82, 2.24) is 4.90 Å². The summed E-state index contributed by atoms with van der Waals surface area (Å²) in [6.07, 6.45) is 2.08. The van der Waals surface area contributed by atoms with Crippen LogP contribution < -0.4 is 9.47 Å². The van der Waals surface area contributed by atoms with Gasteiger partial charge >= 0.3 is 6.61 Å². The highest BCUT2D eigenvalue weighted by Gasteiger charge is 2.20. The second-order valence-corrected chi connectivity index (χ2v) is 5.29. The maximum Gasteiger partial charge on any atom is 0.387 e. The van der Waals surface area contributed by atoms with E-state index in [1.165, 1.54) is 7.11 Å². The van der Waals surface area contributed by atoms with Gasteiger partial charge in [0.2, 0.25) is 0 Å². The number of aliphatic hydroxyl groups is 1. The molecule has 0 radical (unpaired) electrons. The van der Waals surface area contributed by atoms with E-state index in [-0.39, 0.29) is 12.4 Å². The largest absolute Gasteiger partial charge is 0.493 e. The van der Waals surface area contributed by atoms with Crippen LogP contribution in [0.1, 0.15) is 18.4 Å². The standard InChI is InChI=1S/C15H21F2NO3/c1-20-13-5-4-11(7-14(13)21-15(16)17)8-18-6-2-3-12(9-18)10-19/h4-5,7,12,15,19H,2-3,6,8-10H2,1H3. The van der Waals surface area contributed by atoms with Gasteiger partial charge < -0.3 is 14.6 Å². The summed E-state index contributed by atoms with van der Waals surface area (Å²) in [4.78, 5) is 2.22. The summed E-state index contributed by atoms with van der Waals surface area (Å²) in [5.41, 5.74) is 0.894. The zero-order valence-corrected chi connectivity index (χ0v) is 12.1. The smallest absolute Gasteiger partial charge is 0.387 e. The maximum absolute atomic E-state index is 12.4. The minimum absolute atomic E-state index is 0.0562. The number of rotatable bonds is 6. The molecule has 1 atom stereocenters. The van der Waals surface area contributed by atoms with Crippen molar-refractivity contribution in [3.8, 4) is 11.5 Å². The second-order valence-electron chi connectivity index (χ2n) is 5.29. The fourth-order valence-corrected chi connectivity index (χ4v) is 2.71. The van der Waals surface area contributed by atoms with E-state index in [2.05, 4.69) is 9.64 Å². The summed E-state index contributed by atoms with van der Waals surface area (Å²) in [5, 5.41) is 9.24. The first-order chi connectivity index (χ1) is 10.1. The Bertz CT molecular complexity index is 457. The fraction of sp³-hybridized carbons (Fsp3) is 0.600. The van der Waals surface area contributed by atoms with E-state index >= 15 is 0 Å². The van der Waals surface area contributed by atoms with Gasteiger partial charge in [0, 0.05) is 19.7 Å². The number of ether oxygens (including phenoxy) is 2. The van der Waals surface area contributed by atoms with E-state index in [0.29, 0.717) is 18.2 Å². The lowest BCUT2D eigenvalue weighted by Gasteiger charge is -2.31. The first kappa shape index (κ1) is 16.0. The van der Waals surface area contributed by atoms with Crippen LogP contribution in [-0.4, -0.2) is 43.4 Å². The summed E-state index contributed by atoms with van der Waals surface area (Å²) in [6, 6.07) is 5.08. The first-order valence-corrected chi connectivity index (χ1v) is 7.07. The van der Waals surface area contributed by atoms with E-state index < -0.39 is 6.61 Å². The number of alkyl halides is 2. The Balaban J connectivity index is 2.05. The molecule has 1 N–H and O–H groups in total. The maximum atomic E-state index is 12.4. The Morgan fingerprint density at radius 3 is 2.86 bits per heavy atom. The highest BCUT2D eigenvalue weighted by Crippen LogP contribution is 2.30. The summed E-state index contributed by atoms with van der Waals surface area (Å²) in [6.45, 7) is -0.247. The number of halogens is 2. The number of piperidine rings is 1. The lowest BCUT2D eigenvalue weighted by Crippen LogP contribution is -2.36. The van der Waals surface area contributed by atoms with Gasteiger partial charge in [-0.3, -0.25) is 4.90 Å². The molecular weight excluding hydrogens is 280 g/mol. The van der Waals surface area contributed by atoms with Gasteiger partial charge in [0.15, 0.2) is 11.5 Å². The van der Waals surface area contributed by atoms with Crippen molar-refractivity contribution >= 4 is 0 Å². The molecule has 4 nitrogen and oxygen atoms in total. The molecule has 1 fully saturated rings. The van der Waals surface area contributed by atoms with Crippen molar-refractivity contribution in [2.75, 3.05) is 26.8 Å². The van der Waals surface area contributed by atoms with E-state index in [1.807, 2.05) is 6.07 Å². The Kier molecular flexibility index (Phi) is 5.76. The van der Waals surface area contributed by atoms with E-state index in [0.717, 1.165) is 31.5 Å². The molecule has 0 spiro atoms. The van der Waals surface area contributed by atoms with Crippen LogP contribution in [0.15, 0.2) is 18.2 Å². The molecule has 6 heteroatoms. The molecule has 0 aliphatic carbocycles. The average molecular weight is 301 g/mol. The summed E-state index contributed by atoms with van der Waals surface area (Å²) in [5.74, 6) is 0.653. The second kappa shape index (κ2) is 7.56. The van der Waals surface area contributed by atoms with Crippen LogP contribution in [-0.2, 0) is 6.54 Å². The normalized spacial score (nSPS) is 19.8. The molecule has 1 aromatic carbocycles. The minimum Gasteiger partial charge on any atom is -0.493 e. The molecule has 118 valence electrons. The Labute approximate surface area is 123 Å². The Morgan fingerprint density at radius 2 is 2.19 bits per heavy atom. The Morgan fingerprint density at radius 1 is 1.38 bits per heavy atom. The van der Waals surface area contributed by atoms with Crippen LogP contribution >= 0.6 is 0 Å². The van der Waals surface area contributed by atoms with Gasteiger partial charge in [0.05, 0.1) is 7.11 Å². The Hall–Kier alpha value is -1.40. The monoisotopic (exact) mass is 301 g/mol. The van der Waals surface area contributed by atoms with Crippen molar-refractivity contribution in [2.24, 2.45) is 5.92 Å². The molecule has 1 aromatic rings. The van der Waals surface area contributed by atoms with Crippen LogP contribution in [0.4, 0.5) is 8.78 Å². The highest BCUT2D eigenvalue weighted by atomic mass is 19.3. The minimum atomic E-state index is -2.87. The number of methoxy groups -OCH3 is 1. The van der Waals surface area contributed by atoms with E-state index in [1.54, 1.807) is 12.1 Å². The third-order valence-electron chi connectivity index (χ3n) is 3.71. The molecule has 2 rings (SSSR count). The number of hydrogen-bond donors (Lipinski definition) is 1. The molecule has 21 heavy (non-hydrogen) atoms. The summed E-state index contributed by atoms with van der Waals surface area (Å²) in [7, 11) is 1.42. The lowest BCUT2D eigenvalue weighted by molar-refractivity contribution is -0.0512. The third-order valence-corrected chi connectivity index (χ3v) is 3.71. The van der Waals surface area contributed by atoms with E-state index in [9.17, 15) is 13.9 Å². The van der Waals surface area contributed by atoms with Crippen molar-refractivity contribution in [1.29, 1.82) is 0 Å². The van der Waals surface area contributed by atoms with Crippen molar-refractivity contribution in [2.45, 2.75) is 26.0 Å². The number of hydrogen-bond acceptors (Lipinski definition) is 4. The van der Waals surface area contributed by atoms with Crippen LogP contribution in [0.25, 0.3) is 0 Å². The molecule has 0 bridgehead atoms. The SMILES string of the molecule is COc1ccc(CN2CCCC(CO)C2)cc1OC(F)F. The predicted octanol–water partition coefficient (Wildman–Crippen LogP) is 2.50.